The number of halogens is 2. The van der Waals surface area contributed by atoms with Gasteiger partial charge in [-0.15, -0.1) is 24.0 Å². The molecule has 1 aromatic carbocycles. The van der Waals surface area contributed by atoms with Gasteiger partial charge in [0.15, 0.2) is 5.96 Å². The van der Waals surface area contributed by atoms with Crippen molar-refractivity contribution in [1.82, 2.24) is 20.6 Å². The highest BCUT2D eigenvalue weighted by atomic mass is 127. The van der Waals surface area contributed by atoms with Crippen LogP contribution >= 0.6 is 35.6 Å². The Morgan fingerprint density at radius 2 is 2.10 bits per heavy atom. The van der Waals surface area contributed by atoms with Crippen molar-refractivity contribution < 1.29 is 4.42 Å². The van der Waals surface area contributed by atoms with Gasteiger partial charge in [0.25, 0.3) is 0 Å². The van der Waals surface area contributed by atoms with Crippen LogP contribution in [0.25, 0.3) is 11.5 Å². The molecule has 1 atom stereocenters. The molecule has 1 fully saturated rings. The summed E-state index contributed by atoms with van der Waals surface area (Å²) in [4.78, 5) is 15.5. The molecule has 3 heterocycles. The topological polar surface area (TPSA) is 78.6 Å². The average Bonchev–Trinajstić information content (AvgIpc) is 3.42. The van der Waals surface area contributed by atoms with Gasteiger partial charge in [0.05, 0.1) is 17.3 Å². The molecule has 1 aliphatic rings. The van der Waals surface area contributed by atoms with E-state index in [2.05, 4.69) is 30.5 Å². The first-order chi connectivity index (χ1) is 14.2. The van der Waals surface area contributed by atoms with Crippen molar-refractivity contribution in [3.8, 4) is 11.5 Å². The van der Waals surface area contributed by atoms with Crippen LogP contribution in [0, 0.1) is 0 Å². The normalized spacial score (nSPS) is 16.3. The second-order valence-corrected chi connectivity index (χ2v) is 7.23. The van der Waals surface area contributed by atoms with Crippen LogP contribution in [-0.4, -0.2) is 42.1 Å². The van der Waals surface area contributed by atoms with Crippen molar-refractivity contribution in [2.24, 2.45) is 4.99 Å². The van der Waals surface area contributed by atoms with Crippen molar-refractivity contribution in [2.45, 2.75) is 19.0 Å². The van der Waals surface area contributed by atoms with E-state index >= 15 is 0 Å². The third-order valence-electron chi connectivity index (χ3n) is 4.80. The molecule has 1 unspecified atom stereocenters. The number of nitrogens with one attached hydrogen (secondary N) is 2. The van der Waals surface area contributed by atoms with Crippen molar-refractivity contribution in [2.75, 3.05) is 25.0 Å². The summed E-state index contributed by atoms with van der Waals surface area (Å²) < 4.78 is 5.59. The average molecular weight is 539 g/mol. The van der Waals surface area contributed by atoms with Crippen molar-refractivity contribution in [3.05, 3.63) is 65.6 Å². The Balaban J connectivity index is 0.00000256. The summed E-state index contributed by atoms with van der Waals surface area (Å²) in [5.41, 5.74) is 1.78. The van der Waals surface area contributed by atoms with E-state index in [9.17, 15) is 0 Å². The van der Waals surface area contributed by atoms with Gasteiger partial charge >= 0.3 is 0 Å². The third kappa shape index (κ3) is 5.42. The van der Waals surface area contributed by atoms with E-state index in [1.165, 1.54) is 0 Å². The lowest BCUT2D eigenvalue weighted by Gasteiger charge is -2.20. The van der Waals surface area contributed by atoms with Crippen LogP contribution in [0.3, 0.4) is 0 Å². The fourth-order valence-corrected chi connectivity index (χ4v) is 3.59. The van der Waals surface area contributed by atoms with Crippen LogP contribution in [0.5, 0.6) is 0 Å². The minimum absolute atomic E-state index is 0. The van der Waals surface area contributed by atoms with Gasteiger partial charge in [-0.05, 0) is 30.7 Å². The lowest BCUT2D eigenvalue weighted by molar-refractivity contribution is 0.572. The summed E-state index contributed by atoms with van der Waals surface area (Å²) in [5.74, 6) is 2.18. The van der Waals surface area contributed by atoms with Gasteiger partial charge in [-0.1, -0.05) is 29.8 Å². The second kappa shape index (κ2) is 10.6. The highest BCUT2D eigenvalue weighted by Crippen LogP contribution is 2.25. The van der Waals surface area contributed by atoms with Gasteiger partial charge in [-0.25, -0.2) is 9.97 Å². The quantitative estimate of drug-likeness (QED) is 0.291. The number of rotatable bonds is 5. The SMILES string of the molecule is CN=C(NCc1coc(-c2ccccc2)n1)NC1CCN(c2ncccc2Cl)C1.I. The zero-order chi connectivity index (χ0) is 20.1. The molecule has 0 radical (unpaired) electrons. The number of hydrogen-bond acceptors (Lipinski definition) is 5. The van der Waals surface area contributed by atoms with E-state index in [1.807, 2.05) is 42.5 Å². The zero-order valence-corrected chi connectivity index (χ0v) is 19.7. The molecular weight excluding hydrogens is 515 g/mol. The Hall–Kier alpha value is -2.33. The van der Waals surface area contributed by atoms with Crippen molar-refractivity contribution in [3.63, 3.8) is 0 Å². The summed E-state index contributed by atoms with van der Waals surface area (Å²) in [6.45, 7) is 2.24. The first-order valence-electron chi connectivity index (χ1n) is 9.55. The maximum atomic E-state index is 6.27. The first kappa shape index (κ1) is 22.4. The largest absolute Gasteiger partial charge is 0.444 e. The lowest BCUT2D eigenvalue weighted by Crippen LogP contribution is -2.44. The molecule has 4 rings (SSSR count). The van der Waals surface area contributed by atoms with Crippen LogP contribution in [-0.2, 0) is 6.54 Å². The fourth-order valence-electron chi connectivity index (χ4n) is 3.34. The summed E-state index contributed by atoms with van der Waals surface area (Å²) in [7, 11) is 1.76. The summed E-state index contributed by atoms with van der Waals surface area (Å²) in [6.07, 6.45) is 4.42. The van der Waals surface area contributed by atoms with Crippen LogP contribution < -0.4 is 15.5 Å². The van der Waals surface area contributed by atoms with E-state index in [-0.39, 0.29) is 30.0 Å². The Morgan fingerprint density at radius 1 is 1.27 bits per heavy atom. The number of pyridine rings is 1. The maximum Gasteiger partial charge on any atom is 0.226 e. The number of aromatic nitrogens is 2. The summed E-state index contributed by atoms with van der Waals surface area (Å²) in [5, 5.41) is 7.44. The lowest BCUT2D eigenvalue weighted by atomic mass is 10.2. The molecule has 0 spiro atoms. The summed E-state index contributed by atoms with van der Waals surface area (Å²) in [6, 6.07) is 13.8. The van der Waals surface area contributed by atoms with Crippen molar-refractivity contribution >= 4 is 47.4 Å². The molecule has 0 saturated carbocycles. The predicted octanol–water partition coefficient (Wildman–Crippen LogP) is 3.95. The van der Waals surface area contributed by atoms with Crippen LogP contribution in [0.4, 0.5) is 5.82 Å². The molecule has 9 heteroatoms. The number of nitrogens with zero attached hydrogens (tertiary/aromatic N) is 4. The van der Waals surface area contributed by atoms with Gasteiger partial charge < -0.3 is 20.0 Å². The van der Waals surface area contributed by atoms with Gasteiger partial charge in [0.2, 0.25) is 5.89 Å². The molecule has 2 N–H and O–H groups in total. The zero-order valence-electron chi connectivity index (χ0n) is 16.6. The number of oxazole rings is 1. The maximum absolute atomic E-state index is 6.27. The highest BCUT2D eigenvalue weighted by molar-refractivity contribution is 14.0. The van der Waals surface area contributed by atoms with E-state index in [4.69, 9.17) is 16.0 Å². The monoisotopic (exact) mass is 538 g/mol. The van der Waals surface area contributed by atoms with Gasteiger partial charge in [0, 0.05) is 37.9 Å². The van der Waals surface area contributed by atoms with E-state index < -0.39 is 0 Å². The molecule has 158 valence electrons. The predicted molar refractivity (Wildman–Crippen MR) is 131 cm³/mol. The molecule has 2 aromatic heterocycles. The van der Waals surface area contributed by atoms with Crippen LogP contribution in [0.2, 0.25) is 5.02 Å². The van der Waals surface area contributed by atoms with Crippen LogP contribution in [0.15, 0.2) is 64.3 Å². The molecule has 0 bridgehead atoms. The smallest absolute Gasteiger partial charge is 0.226 e. The molecule has 7 nitrogen and oxygen atoms in total. The second-order valence-electron chi connectivity index (χ2n) is 6.82. The standard InChI is InChI=1S/C21H23ClN6O.HI/c1-23-21(25-12-17-14-29-20(26-17)15-6-3-2-4-7-15)27-16-9-11-28(13-16)19-18(22)8-5-10-24-19;/h2-8,10,14,16H,9,11-13H2,1H3,(H2,23,25,27);1H. The number of benzene rings is 1. The number of anilines is 1. The minimum Gasteiger partial charge on any atom is -0.444 e. The Bertz CT molecular complexity index is 980. The number of guanidine groups is 1. The Labute approximate surface area is 198 Å². The van der Waals surface area contributed by atoms with Gasteiger partial charge in [-0.3, -0.25) is 4.99 Å². The molecular formula is C21H24ClIN6O. The van der Waals surface area contributed by atoms with E-state index in [0.717, 1.165) is 42.5 Å². The molecule has 3 aromatic rings. The Kier molecular flexibility index (Phi) is 7.92. The third-order valence-corrected chi connectivity index (χ3v) is 5.10. The highest BCUT2D eigenvalue weighted by Gasteiger charge is 2.25. The summed E-state index contributed by atoms with van der Waals surface area (Å²) >= 11 is 6.27. The van der Waals surface area contributed by atoms with E-state index in [0.29, 0.717) is 17.5 Å². The van der Waals surface area contributed by atoms with Gasteiger partial charge in [0.1, 0.15) is 12.1 Å². The molecule has 30 heavy (non-hydrogen) atoms. The molecule has 1 aliphatic heterocycles. The first-order valence-corrected chi connectivity index (χ1v) is 9.93. The van der Waals surface area contributed by atoms with Crippen LogP contribution in [0.1, 0.15) is 12.1 Å². The number of hydrogen-bond donors (Lipinski definition) is 2. The molecule has 0 aliphatic carbocycles. The number of aliphatic imine (C=N–C) groups is 1. The Morgan fingerprint density at radius 3 is 2.87 bits per heavy atom. The molecule has 1 saturated heterocycles. The van der Waals surface area contributed by atoms with Crippen molar-refractivity contribution in [1.29, 1.82) is 0 Å². The van der Waals surface area contributed by atoms with E-state index in [1.54, 1.807) is 19.5 Å². The molecule has 0 amide bonds. The fraction of sp³-hybridized carbons (Fsp3) is 0.286. The minimum atomic E-state index is 0. The van der Waals surface area contributed by atoms with Gasteiger partial charge in [-0.2, -0.15) is 0 Å².